The minimum absolute atomic E-state index is 0.176. The van der Waals surface area contributed by atoms with Gasteiger partial charge in [0.1, 0.15) is 0 Å². The number of rotatable bonds is 3. The summed E-state index contributed by atoms with van der Waals surface area (Å²) in [5, 5.41) is 15.5. The fourth-order valence-corrected chi connectivity index (χ4v) is 9.49. The Morgan fingerprint density at radius 3 is 2.70 bits per heavy atom. The Kier molecular flexibility index (Phi) is 4.33. The van der Waals surface area contributed by atoms with Gasteiger partial charge in [0.2, 0.25) is 0 Å². The molecule has 0 saturated heterocycles. The number of halogens is 1. The van der Waals surface area contributed by atoms with Gasteiger partial charge in [0.15, 0.2) is 5.78 Å². The molecule has 6 rings (SSSR count). The van der Waals surface area contributed by atoms with Gasteiger partial charge in [-0.05, 0) is 105 Å². The number of hydrogen-bond acceptors (Lipinski definition) is 3. The molecule has 0 aromatic carbocycles. The van der Waals surface area contributed by atoms with Gasteiger partial charge in [0.05, 0.1) is 23.4 Å². The highest BCUT2D eigenvalue weighted by Crippen LogP contribution is 2.74. The predicted molar refractivity (Wildman–Crippen MR) is 116 cm³/mol. The monoisotopic (exact) mass is 430 g/mol. The summed E-state index contributed by atoms with van der Waals surface area (Å²) in [5.41, 5.74) is -0.269. The Bertz CT molecular complexity index is 865. The van der Waals surface area contributed by atoms with Crippen LogP contribution in [-0.2, 0) is 11.3 Å². The zero-order valence-corrected chi connectivity index (χ0v) is 19.0. The van der Waals surface area contributed by atoms with E-state index >= 15 is 0 Å². The van der Waals surface area contributed by atoms with Gasteiger partial charge in [-0.2, -0.15) is 5.10 Å². The van der Waals surface area contributed by atoms with E-state index in [-0.39, 0.29) is 11.3 Å². The van der Waals surface area contributed by atoms with Crippen molar-refractivity contribution >= 4 is 17.4 Å². The number of ketones is 1. The fraction of sp³-hybridized carbons (Fsp3) is 0.840. The van der Waals surface area contributed by atoms with Crippen molar-refractivity contribution in [2.75, 3.05) is 0 Å². The fourth-order valence-electron chi connectivity index (χ4n) is 9.34. The van der Waals surface area contributed by atoms with E-state index in [1.54, 1.807) is 17.1 Å². The number of carbonyl (C=O) groups is 1. The Hall–Kier alpha value is -0.870. The van der Waals surface area contributed by atoms with Crippen molar-refractivity contribution in [1.82, 2.24) is 9.78 Å². The van der Waals surface area contributed by atoms with E-state index in [1.807, 2.05) is 6.92 Å². The number of hydrogen-bond donors (Lipinski definition) is 1. The zero-order chi connectivity index (χ0) is 20.8. The maximum Gasteiger partial charge on any atom is 0.158 e. The molecule has 5 fully saturated rings. The standard InChI is InChI=1S/C25H35ClN2O2/c1-24(30)7-5-16-14(10-24)3-4-18-17(16)6-8-25(2)22(18)19-9-20(19)23(25)21(29)13-28-12-15(26)11-27-28/h11-12,14,16-20,22-23,30H,3-10,13H2,1-2H3/t14-,16+,17-,18?,19-,20+,22-,23-,24-,25+/m1/s1. The van der Waals surface area contributed by atoms with E-state index < -0.39 is 5.60 Å². The van der Waals surface area contributed by atoms with Crippen molar-refractivity contribution in [3.63, 3.8) is 0 Å². The van der Waals surface area contributed by atoms with Gasteiger partial charge < -0.3 is 5.11 Å². The van der Waals surface area contributed by atoms with Crippen LogP contribution in [0.2, 0.25) is 5.02 Å². The van der Waals surface area contributed by atoms with Crippen molar-refractivity contribution in [2.45, 2.75) is 77.4 Å². The number of Topliss-reactive ketones (excluding diaryl/α,β-unsaturated/α-hetero) is 1. The first-order chi connectivity index (χ1) is 14.3. The molecule has 0 amide bonds. The molecule has 1 aromatic heterocycles. The molecule has 30 heavy (non-hydrogen) atoms. The summed E-state index contributed by atoms with van der Waals surface area (Å²) >= 11 is 6.02. The third-order valence-corrected chi connectivity index (χ3v) is 10.5. The first-order valence-electron chi connectivity index (χ1n) is 12.2. The van der Waals surface area contributed by atoms with Crippen LogP contribution in [-0.4, -0.2) is 26.3 Å². The predicted octanol–water partition coefficient (Wildman–Crippen LogP) is 4.98. The Labute approximate surface area is 184 Å². The summed E-state index contributed by atoms with van der Waals surface area (Å²) in [6.07, 6.45) is 13.0. The van der Waals surface area contributed by atoms with Crippen LogP contribution in [0, 0.1) is 52.8 Å². The van der Waals surface area contributed by atoms with Gasteiger partial charge >= 0.3 is 0 Å². The normalized spacial score (nSPS) is 51.5. The van der Waals surface area contributed by atoms with Crippen molar-refractivity contribution in [2.24, 2.45) is 52.8 Å². The molecule has 10 atom stereocenters. The molecule has 0 aliphatic heterocycles. The maximum atomic E-state index is 13.4. The second-order valence-corrected chi connectivity index (χ2v) is 12.4. The third-order valence-electron chi connectivity index (χ3n) is 10.3. The molecule has 0 spiro atoms. The molecule has 5 saturated carbocycles. The Morgan fingerprint density at radius 2 is 1.93 bits per heavy atom. The molecule has 164 valence electrons. The number of fused-ring (bicyclic) bond motifs is 7. The van der Waals surface area contributed by atoms with Gasteiger partial charge in [0.25, 0.3) is 0 Å². The van der Waals surface area contributed by atoms with E-state index in [0.29, 0.717) is 23.3 Å². The second-order valence-electron chi connectivity index (χ2n) is 12.0. The molecule has 0 bridgehead atoms. The smallest absolute Gasteiger partial charge is 0.158 e. The summed E-state index contributed by atoms with van der Waals surface area (Å²) in [5.74, 6) is 5.89. The SMILES string of the molecule is C[C@@]1(O)CC[C@H]2[C@H](CCC3[C@@H]4[C@@H]5C[C@@H]5[C@H](C(=O)Cn5cc(Cl)cn5)[C@@]4(C)CC[C@@H]32)C1. The lowest BCUT2D eigenvalue weighted by atomic mass is 9.48. The quantitative estimate of drug-likeness (QED) is 0.735. The topological polar surface area (TPSA) is 55.1 Å². The first kappa shape index (κ1) is 19.8. The van der Waals surface area contributed by atoms with E-state index in [9.17, 15) is 9.90 Å². The lowest BCUT2D eigenvalue weighted by Gasteiger charge is -2.57. The number of aliphatic hydroxyl groups is 1. The van der Waals surface area contributed by atoms with Crippen LogP contribution in [0.3, 0.4) is 0 Å². The van der Waals surface area contributed by atoms with E-state index in [4.69, 9.17) is 11.6 Å². The molecule has 5 aliphatic carbocycles. The summed E-state index contributed by atoms with van der Waals surface area (Å²) < 4.78 is 1.73. The second kappa shape index (κ2) is 6.57. The molecular weight excluding hydrogens is 396 g/mol. The number of aromatic nitrogens is 2. The molecular formula is C25H35ClN2O2. The first-order valence-corrected chi connectivity index (χ1v) is 12.6. The lowest BCUT2D eigenvalue weighted by Crippen LogP contribution is -2.52. The minimum atomic E-state index is -0.445. The highest BCUT2D eigenvalue weighted by atomic mass is 35.5. The minimum Gasteiger partial charge on any atom is -0.390 e. The van der Waals surface area contributed by atoms with Crippen LogP contribution in [0.15, 0.2) is 12.4 Å². The van der Waals surface area contributed by atoms with Gasteiger partial charge in [0, 0.05) is 12.1 Å². The highest BCUT2D eigenvalue weighted by molar-refractivity contribution is 6.30. The van der Waals surface area contributed by atoms with Gasteiger partial charge in [-0.25, -0.2) is 0 Å². The summed E-state index contributed by atoms with van der Waals surface area (Å²) in [6, 6.07) is 0. The largest absolute Gasteiger partial charge is 0.390 e. The molecule has 4 nitrogen and oxygen atoms in total. The molecule has 0 radical (unpaired) electrons. The average Bonchev–Trinajstić information content (AvgIpc) is 3.23. The van der Waals surface area contributed by atoms with Crippen molar-refractivity contribution < 1.29 is 9.90 Å². The van der Waals surface area contributed by atoms with Gasteiger partial charge in [-0.15, -0.1) is 0 Å². The van der Waals surface area contributed by atoms with Gasteiger partial charge in [-0.1, -0.05) is 18.5 Å². The molecule has 5 aliphatic rings. The van der Waals surface area contributed by atoms with E-state index in [2.05, 4.69) is 12.0 Å². The van der Waals surface area contributed by atoms with Crippen LogP contribution in [0.5, 0.6) is 0 Å². The number of nitrogens with zero attached hydrogens (tertiary/aromatic N) is 2. The van der Waals surface area contributed by atoms with Crippen LogP contribution in [0.4, 0.5) is 0 Å². The molecule has 5 heteroatoms. The molecule has 1 N–H and O–H groups in total. The molecule has 1 aromatic rings. The molecule has 1 unspecified atom stereocenters. The maximum absolute atomic E-state index is 13.4. The summed E-state index contributed by atoms with van der Waals surface area (Å²) in [6.45, 7) is 4.87. The average molecular weight is 431 g/mol. The summed E-state index contributed by atoms with van der Waals surface area (Å²) in [4.78, 5) is 13.4. The van der Waals surface area contributed by atoms with Crippen LogP contribution in [0.25, 0.3) is 0 Å². The van der Waals surface area contributed by atoms with Crippen molar-refractivity contribution in [1.29, 1.82) is 0 Å². The van der Waals surface area contributed by atoms with Crippen LogP contribution >= 0.6 is 11.6 Å². The number of carbonyl (C=O) groups excluding carboxylic acids is 1. The Balaban J connectivity index is 1.23. The third kappa shape index (κ3) is 2.88. The summed E-state index contributed by atoms with van der Waals surface area (Å²) in [7, 11) is 0. The van der Waals surface area contributed by atoms with Gasteiger partial charge in [-0.3, -0.25) is 9.48 Å². The zero-order valence-electron chi connectivity index (χ0n) is 18.3. The highest BCUT2D eigenvalue weighted by Gasteiger charge is 2.70. The van der Waals surface area contributed by atoms with E-state index in [0.717, 1.165) is 48.3 Å². The van der Waals surface area contributed by atoms with Crippen LogP contribution < -0.4 is 0 Å². The van der Waals surface area contributed by atoms with Crippen molar-refractivity contribution in [3.05, 3.63) is 17.4 Å². The molecule has 1 heterocycles. The lowest BCUT2D eigenvalue weighted by molar-refractivity contribution is -0.136. The van der Waals surface area contributed by atoms with E-state index in [1.165, 1.54) is 38.5 Å². The van der Waals surface area contributed by atoms with Crippen LogP contribution in [0.1, 0.15) is 65.2 Å². The Morgan fingerprint density at radius 1 is 1.13 bits per heavy atom. The van der Waals surface area contributed by atoms with Crippen molar-refractivity contribution in [3.8, 4) is 0 Å².